The highest BCUT2D eigenvalue weighted by Gasteiger charge is 2.31. The second-order valence-corrected chi connectivity index (χ2v) is 12.5. The van der Waals surface area contributed by atoms with Gasteiger partial charge in [-0.2, -0.15) is 4.31 Å². The lowest BCUT2D eigenvalue weighted by atomic mass is 9.94. The first-order valence-electron chi connectivity index (χ1n) is 11.2. The fourth-order valence-corrected chi connectivity index (χ4v) is 7.63. The number of amides is 1. The summed E-state index contributed by atoms with van der Waals surface area (Å²) >= 11 is 6.98. The molecule has 1 aromatic heterocycles. The minimum atomic E-state index is -3.48. The number of sulfonamides is 1. The highest BCUT2D eigenvalue weighted by atomic mass is 35.5. The van der Waals surface area contributed by atoms with Crippen LogP contribution in [0.5, 0.6) is 0 Å². The zero-order valence-corrected chi connectivity index (χ0v) is 20.5. The van der Waals surface area contributed by atoms with E-state index in [1.807, 2.05) is 0 Å². The molecule has 1 aromatic carbocycles. The van der Waals surface area contributed by atoms with Crippen molar-refractivity contribution in [3.63, 3.8) is 0 Å². The average molecular weight is 496 g/mol. The van der Waals surface area contributed by atoms with E-state index in [-0.39, 0.29) is 16.0 Å². The van der Waals surface area contributed by atoms with Crippen molar-refractivity contribution in [3.05, 3.63) is 51.9 Å². The molecule has 1 N–H and O–H groups in total. The van der Waals surface area contributed by atoms with E-state index >= 15 is 0 Å². The second-order valence-electron chi connectivity index (χ2n) is 8.61. The van der Waals surface area contributed by atoms with Gasteiger partial charge in [-0.05, 0) is 54.9 Å². The number of rotatable bonds is 8. The van der Waals surface area contributed by atoms with Crippen molar-refractivity contribution in [3.8, 4) is 0 Å². The van der Waals surface area contributed by atoms with Crippen molar-refractivity contribution in [2.24, 2.45) is 5.92 Å². The molecule has 2 aromatic rings. The van der Waals surface area contributed by atoms with E-state index in [1.165, 1.54) is 15.4 Å². The third-order valence-corrected chi connectivity index (χ3v) is 9.97. The number of hydrogen-bond donors (Lipinski definition) is 1. The molecule has 174 valence electrons. The van der Waals surface area contributed by atoms with Crippen LogP contribution in [0.25, 0.3) is 0 Å². The number of carbonyl (C=O) groups is 1. The molecule has 6 nitrogen and oxygen atoms in total. The third-order valence-electron chi connectivity index (χ3n) is 6.37. The van der Waals surface area contributed by atoms with Gasteiger partial charge in [0.15, 0.2) is 0 Å². The Hall–Kier alpha value is -1.45. The highest BCUT2D eigenvalue weighted by molar-refractivity contribution is 7.91. The normalized spacial score (nSPS) is 18.4. The van der Waals surface area contributed by atoms with Gasteiger partial charge in [-0.3, -0.25) is 9.69 Å². The maximum atomic E-state index is 12.7. The lowest BCUT2D eigenvalue weighted by Gasteiger charge is -2.30. The highest BCUT2D eigenvalue weighted by Crippen LogP contribution is 2.31. The number of fused-ring (bicyclic) bond motifs is 1. The van der Waals surface area contributed by atoms with E-state index in [4.69, 9.17) is 11.6 Å². The molecule has 0 saturated carbocycles. The van der Waals surface area contributed by atoms with Crippen molar-refractivity contribution in [2.75, 3.05) is 32.7 Å². The maximum absolute atomic E-state index is 12.7. The summed E-state index contributed by atoms with van der Waals surface area (Å²) in [7, 11) is -3.48. The molecule has 0 radical (unpaired) electrons. The number of halogens is 1. The van der Waals surface area contributed by atoms with Crippen LogP contribution in [0.4, 0.5) is 0 Å². The van der Waals surface area contributed by atoms with Crippen LogP contribution in [0.2, 0.25) is 4.34 Å². The zero-order chi connectivity index (χ0) is 22.6. The van der Waals surface area contributed by atoms with Crippen molar-refractivity contribution in [1.82, 2.24) is 14.5 Å². The molecule has 4 rings (SSSR count). The van der Waals surface area contributed by atoms with E-state index < -0.39 is 10.0 Å². The van der Waals surface area contributed by atoms with Gasteiger partial charge in [0.05, 0.1) is 4.34 Å². The lowest BCUT2D eigenvalue weighted by Crippen LogP contribution is -2.39. The largest absolute Gasteiger partial charge is 0.356 e. The molecule has 2 aliphatic heterocycles. The van der Waals surface area contributed by atoms with Gasteiger partial charge < -0.3 is 5.32 Å². The fraction of sp³-hybridized carbons (Fsp3) is 0.522. The first kappa shape index (κ1) is 23.7. The summed E-state index contributed by atoms with van der Waals surface area (Å²) in [5, 5.41) is 3.05. The van der Waals surface area contributed by atoms with Crippen LogP contribution in [0.15, 0.2) is 40.6 Å². The molecular formula is C23H30ClN3O3S2. The Labute approximate surface area is 199 Å². The van der Waals surface area contributed by atoms with E-state index in [0.29, 0.717) is 43.2 Å². The molecule has 1 amide bonds. The molecule has 9 heteroatoms. The second kappa shape index (κ2) is 10.7. The smallest absolute Gasteiger partial charge is 0.252 e. The predicted molar refractivity (Wildman–Crippen MR) is 128 cm³/mol. The Balaban J connectivity index is 1.13. The SMILES string of the molecule is O=C(CC1CCN(S(=O)(=O)c2ccc(Cl)s2)CC1)NCCCN1CCc2ccccc2C1. The third kappa shape index (κ3) is 5.91. The fourth-order valence-electron chi connectivity index (χ4n) is 4.53. The van der Waals surface area contributed by atoms with E-state index in [1.54, 1.807) is 12.1 Å². The minimum absolute atomic E-state index is 0.0698. The Kier molecular flexibility index (Phi) is 7.89. The zero-order valence-electron chi connectivity index (χ0n) is 18.1. The molecule has 1 fully saturated rings. The van der Waals surface area contributed by atoms with Crippen LogP contribution in [0.1, 0.15) is 36.8 Å². The number of hydrogen-bond acceptors (Lipinski definition) is 5. The summed E-state index contributed by atoms with van der Waals surface area (Å²) in [5.41, 5.74) is 2.87. The van der Waals surface area contributed by atoms with Gasteiger partial charge in [-0.15, -0.1) is 11.3 Å². The van der Waals surface area contributed by atoms with E-state index in [9.17, 15) is 13.2 Å². The molecule has 0 spiro atoms. The topological polar surface area (TPSA) is 69.7 Å². The lowest BCUT2D eigenvalue weighted by molar-refractivity contribution is -0.122. The van der Waals surface area contributed by atoms with Gasteiger partial charge in [0, 0.05) is 45.7 Å². The van der Waals surface area contributed by atoms with Gasteiger partial charge in [-0.25, -0.2) is 8.42 Å². The van der Waals surface area contributed by atoms with Crippen LogP contribution < -0.4 is 5.32 Å². The molecule has 2 aliphatic rings. The Morgan fingerprint density at radius 1 is 1.09 bits per heavy atom. The number of benzene rings is 1. The van der Waals surface area contributed by atoms with E-state index in [2.05, 4.69) is 34.5 Å². The summed E-state index contributed by atoms with van der Waals surface area (Å²) in [5.74, 6) is 0.298. The van der Waals surface area contributed by atoms with Crippen LogP contribution in [-0.2, 0) is 27.8 Å². The van der Waals surface area contributed by atoms with Gasteiger partial charge in [0.1, 0.15) is 4.21 Å². The molecule has 0 bridgehead atoms. The van der Waals surface area contributed by atoms with Crippen LogP contribution in [-0.4, -0.2) is 56.3 Å². The Bertz CT molecular complexity index is 1030. The average Bonchev–Trinajstić information content (AvgIpc) is 3.24. The van der Waals surface area contributed by atoms with Gasteiger partial charge in [-0.1, -0.05) is 35.9 Å². The van der Waals surface area contributed by atoms with Crippen molar-refractivity contribution in [1.29, 1.82) is 0 Å². The standard InChI is InChI=1S/C23H30ClN3O3S2/c24-21-6-7-23(31-21)32(29,30)27-14-8-18(9-15-27)16-22(28)25-11-3-12-26-13-10-19-4-1-2-5-20(19)17-26/h1-2,4-7,18H,3,8-17H2,(H,25,28). The molecule has 0 atom stereocenters. The number of piperidine rings is 1. The molecule has 0 unspecified atom stereocenters. The summed E-state index contributed by atoms with van der Waals surface area (Å²) in [6.45, 7) is 4.63. The Morgan fingerprint density at radius 3 is 2.56 bits per heavy atom. The monoisotopic (exact) mass is 495 g/mol. The number of carbonyl (C=O) groups excluding carboxylic acids is 1. The first-order chi connectivity index (χ1) is 15.4. The summed E-state index contributed by atoms with van der Waals surface area (Å²) in [6.07, 6.45) is 3.91. The molecule has 1 saturated heterocycles. The van der Waals surface area contributed by atoms with Crippen molar-refractivity contribution in [2.45, 2.75) is 42.9 Å². The van der Waals surface area contributed by atoms with Crippen LogP contribution in [0, 0.1) is 5.92 Å². The molecule has 0 aliphatic carbocycles. The summed E-state index contributed by atoms with van der Waals surface area (Å²) in [6, 6.07) is 11.8. The van der Waals surface area contributed by atoms with Gasteiger partial charge >= 0.3 is 0 Å². The number of nitrogens with one attached hydrogen (secondary N) is 1. The predicted octanol–water partition coefficient (Wildman–Crippen LogP) is 3.76. The molecular weight excluding hydrogens is 466 g/mol. The minimum Gasteiger partial charge on any atom is -0.356 e. The molecule has 3 heterocycles. The van der Waals surface area contributed by atoms with Crippen molar-refractivity contribution < 1.29 is 13.2 Å². The molecule has 32 heavy (non-hydrogen) atoms. The summed E-state index contributed by atoms with van der Waals surface area (Å²) in [4.78, 5) is 14.8. The van der Waals surface area contributed by atoms with Crippen LogP contribution >= 0.6 is 22.9 Å². The van der Waals surface area contributed by atoms with Crippen LogP contribution in [0.3, 0.4) is 0 Å². The van der Waals surface area contributed by atoms with Crippen molar-refractivity contribution >= 4 is 38.9 Å². The van der Waals surface area contributed by atoms with E-state index in [0.717, 1.165) is 43.8 Å². The Morgan fingerprint density at radius 2 is 1.84 bits per heavy atom. The maximum Gasteiger partial charge on any atom is 0.252 e. The number of nitrogens with zero attached hydrogens (tertiary/aromatic N) is 2. The van der Waals surface area contributed by atoms with Gasteiger partial charge in [0.25, 0.3) is 10.0 Å². The summed E-state index contributed by atoms with van der Waals surface area (Å²) < 4.78 is 27.7. The number of thiophene rings is 1. The quantitative estimate of drug-likeness (QED) is 0.566. The first-order valence-corrected chi connectivity index (χ1v) is 13.9. The van der Waals surface area contributed by atoms with Gasteiger partial charge in [0.2, 0.25) is 5.91 Å².